The highest BCUT2D eigenvalue weighted by Crippen LogP contribution is 2.42. The largest absolute Gasteiger partial charge is 0.490 e. The van der Waals surface area contributed by atoms with E-state index in [4.69, 9.17) is 39.4 Å². The number of carbonyl (C=O) groups excluding carboxylic acids is 3. The van der Waals surface area contributed by atoms with Gasteiger partial charge in [0.25, 0.3) is 5.69 Å². The molecule has 0 spiro atoms. The van der Waals surface area contributed by atoms with Gasteiger partial charge in [0.15, 0.2) is 23.0 Å². The van der Waals surface area contributed by atoms with Gasteiger partial charge in [-0.3, -0.25) is 19.3 Å². The second-order valence-electron chi connectivity index (χ2n) is 16.7. The summed E-state index contributed by atoms with van der Waals surface area (Å²) < 4.78 is 77.7. The van der Waals surface area contributed by atoms with Crippen molar-refractivity contribution in [2.75, 3.05) is 75.1 Å². The minimum absolute atomic E-state index is 0.0203. The van der Waals surface area contributed by atoms with Gasteiger partial charge in [0, 0.05) is 38.2 Å². The van der Waals surface area contributed by atoms with Gasteiger partial charge < -0.3 is 37.7 Å². The van der Waals surface area contributed by atoms with Crippen LogP contribution in [0.5, 0.6) is 17.4 Å². The number of amides is 2. The van der Waals surface area contributed by atoms with Crippen LogP contribution in [0, 0.1) is 31.2 Å². The fourth-order valence-corrected chi connectivity index (χ4v) is 9.69. The zero-order chi connectivity index (χ0) is 46.4. The Morgan fingerprint density at radius 2 is 1.68 bits per heavy atom. The zero-order valence-corrected chi connectivity index (χ0v) is 38.6. The molecule has 3 fully saturated rings. The summed E-state index contributed by atoms with van der Waals surface area (Å²) in [5.74, 6) is -0.385. The maximum Gasteiger partial charge on any atom is 0.415 e. The van der Waals surface area contributed by atoms with Gasteiger partial charge in [-0.2, -0.15) is 4.21 Å². The number of nitrogens with zero attached hydrogens (tertiary/aromatic N) is 5. The molecule has 3 aliphatic rings. The molecule has 0 radical (unpaired) electrons. The Hall–Kier alpha value is -5.89. The minimum Gasteiger partial charge on any atom is -0.490 e. The molecule has 2 aromatic carbocycles. The molecule has 65 heavy (non-hydrogen) atoms. The third-order valence-electron chi connectivity index (χ3n) is 11.4. The van der Waals surface area contributed by atoms with E-state index in [0.717, 1.165) is 24.7 Å². The third kappa shape index (κ3) is 11.5. The van der Waals surface area contributed by atoms with Gasteiger partial charge >= 0.3 is 23.3 Å². The number of benzene rings is 2. The highest BCUT2D eigenvalue weighted by Gasteiger charge is 2.38. The highest BCUT2D eigenvalue weighted by atomic mass is 32.2. The first-order chi connectivity index (χ1) is 31.1. The van der Waals surface area contributed by atoms with Crippen LogP contribution >= 0.6 is 0 Å². The summed E-state index contributed by atoms with van der Waals surface area (Å²) in [6.45, 7) is 19.5. The van der Waals surface area contributed by atoms with Crippen molar-refractivity contribution in [3.63, 3.8) is 0 Å². The van der Waals surface area contributed by atoms with Crippen molar-refractivity contribution >= 4 is 62.0 Å². The van der Waals surface area contributed by atoms with Crippen molar-refractivity contribution in [1.82, 2.24) is 24.2 Å². The average Bonchev–Trinajstić information content (AvgIpc) is 3.81. The van der Waals surface area contributed by atoms with Crippen molar-refractivity contribution in [2.24, 2.45) is 17.8 Å². The van der Waals surface area contributed by atoms with Crippen LogP contribution in [0.15, 0.2) is 36.4 Å². The van der Waals surface area contributed by atoms with E-state index < -0.39 is 45.4 Å². The Kier molecular flexibility index (Phi) is 14.9. The Morgan fingerprint density at radius 1 is 0.985 bits per heavy atom. The molecule has 1 saturated carbocycles. The van der Waals surface area contributed by atoms with Crippen molar-refractivity contribution < 1.29 is 54.9 Å². The molecule has 1 aliphatic carbocycles. The first-order valence-electron chi connectivity index (χ1n) is 21.4. The number of anilines is 2. The molecule has 2 amide bonds. The molecule has 4 heterocycles. The van der Waals surface area contributed by atoms with Crippen molar-refractivity contribution in [2.45, 2.75) is 59.5 Å². The van der Waals surface area contributed by atoms with Crippen LogP contribution in [-0.2, 0) is 40.3 Å². The van der Waals surface area contributed by atoms with Crippen LogP contribution in [0.3, 0.4) is 0 Å². The average molecular weight is 939 g/mol. The van der Waals surface area contributed by atoms with Gasteiger partial charge in [-0.25, -0.2) is 32.4 Å². The number of hydrogen-bond acceptors (Lipinski definition) is 14. The Balaban J connectivity index is 1.20. The monoisotopic (exact) mass is 938 g/mol. The van der Waals surface area contributed by atoms with E-state index in [0.29, 0.717) is 62.4 Å². The van der Waals surface area contributed by atoms with Crippen LogP contribution < -0.4 is 28.0 Å². The molecule has 2 aliphatic heterocycles. The number of aromatic nitrogens is 3. The summed E-state index contributed by atoms with van der Waals surface area (Å²) in [6.07, 6.45) is 1.63. The first kappa shape index (κ1) is 47.1. The standard InChI is InChI=1S/C43H54N8O12S2/c1-26-9-12-33(60-17-7-8-35(52)48-65(6,56)57)34(24-26)63-64(55)47-31-25-30(10-11-32(31)49-13-18-58-19-14-49)39-45-40-36(42(53)61-38-28(3)22-27(2)23-29(38)4)37(44-5)41(51(40)46-39)62-43(54)50-15-20-59-21-16-50/h9-12,24-25,27-29,38,47H,7-8,13-23H2,1-4,6H3,(H,45,46)(H,48,52). The normalized spacial score (nSPS) is 20.7. The molecule has 3 unspecified atom stereocenters. The molecular formula is C43H54N8O12S2. The van der Waals surface area contributed by atoms with Crippen molar-refractivity contribution in [3.8, 4) is 28.8 Å². The molecule has 4 aromatic rings. The van der Waals surface area contributed by atoms with E-state index >= 15 is 0 Å². The molecule has 2 saturated heterocycles. The maximum atomic E-state index is 14.2. The lowest BCUT2D eigenvalue weighted by Gasteiger charge is -2.37. The molecule has 7 rings (SSSR count). The highest BCUT2D eigenvalue weighted by molar-refractivity contribution is 7.89. The number of nitrogens with one attached hydrogen (secondary N) is 3. The molecule has 0 bridgehead atoms. The van der Waals surface area contributed by atoms with Gasteiger partial charge in [-0.1, -0.05) is 26.8 Å². The van der Waals surface area contributed by atoms with Crippen molar-refractivity contribution in [1.29, 1.82) is 0 Å². The Morgan fingerprint density at radius 3 is 2.35 bits per heavy atom. The summed E-state index contributed by atoms with van der Waals surface area (Å²) in [5.41, 5.74) is 2.00. The molecule has 3 atom stereocenters. The van der Waals surface area contributed by atoms with E-state index in [2.05, 4.69) is 26.5 Å². The minimum atomic E-state index is -3.69. The number of sulfonamides is 1. The first-order valence-corrected chi connectivity index (χ1v) is 24.4. The van der Waals surface area contributed by atoms with Gasteiger partial charge in [0.05, 0.1) is 57.2 Å². The molecule has 3 N–H and O–H groups in total. The SMILES string of the molecule is [C-]#[N+]c1c(C(=O)OC2C(C)CC(C)CC2C)c2nc(-c3ccc(N4CCOCC4)c(NS(=O)Oc4cc(C)ccc4OCCCC(=O)NS(C)(=O)=O)c3)[nH]n2c1OC(=O)N1CCOCC1. The maximum absolute atomic E-state index is 14.2. The van der Waals surface area contributed by atoms with Crippen LogP contribution in [0.4, 0.5) is 21.9 Å². The third-order valence-corrected chi connectivity index (χ3v) is 12.7. The fraction of sp³-hybridized carbons (Fsp3) is 0.512. The second-order valence-corrected chi connectivity index (χ2v) is 19.3. The summed E-state index contributed by atoms with van der Waals surface area (Å²) in [4.78, 5) is 51.7. The number of ether oxygens (including phenoxy) is 5. The predicted octanol–water partition coefficient (Wildman–Crippen LogP) is 5.39. The number of morpholine rings is 2. The van der Waals surface area contributed by atoms with E-state index in [1.54, 1.807) is 30.3 Å². The van der Waals surface area contributed by atoms with E-state index in [1.165, 1.54) is 9.42 Å². The number of esters is 1. The number of H-pyrrole nitrogens is 1. The van der Waals surface area contributed by atoms with Gasteiger partial charge in [-0.15, -0.1) is 0 Å². The topological polar surface area (TPSA) is 226 Å². The number of fused-ring (bicyclic) bond motifs is 1. The lowest BCUT2D eigenvalue weighted by atomic mass is 9.75. The lowest BCUT2D eigenvalue weighted by Crippen LogP contribution is -2.42. The molecule has 2 aromatic heterocycles. The van der Waals surface area contributed by atoms with E-state index in [-0.39, 0.29) is 84.5 Å². The zero-order valence-electron chi connectivity index (χ0n) is 36.9. The van der Waals surface area contributed by atoms with Crippen LogP contribution in [0.1, 0.15) is 62.4 Å². The van der Waals surface area contributed by atoms with E-state index in [1.807, 2.05) is 31.6 Å². The number of aromatic amines is 1. The van der Waals surface area contributed by atoms with Gasteiger partial charge in [-0.05, 0) is 79.8 Å². The van der Waals surface area contributed by atoms with Crippen LogP contribution in [0.25, 0.3) is 21.9 Å². The van der Waals surface area contributed by atoms with Crippen LogP contribution in [0.2, 0.25) is 0 Å². The van der Waals surface area contributed by atoms with Gasteiger partial charge in [0.2, 0.25) is 21.8 Å². The summed E-state index contributed by atoms with van der Waals surface area (Å²) in [6, 6.07) is 10.4. The molecular weight excluding hydrogens is 885 g/mol. The summed E-state index contributed by atoms with van der Waals surface area (Å²) in [5, 5.41) is 3.14. The summed E-state index contributed by atoms with van der Waals surface area (Å²) >= 11 is -2.21. The Labute approximate surface area is 379 Å². The summed E-state index contributed by atoms with van der Waals surface area (Å²) in [7, 11) is -3.69. The molecule has 22 heteroatoms. The van der Waals surface area contributed by atoms with Crippen molar-refractivity contribution in [3.05, 3.63) is 58.9 Å². The quantitative estimate of drug-likeness (QED) is 0.0773. The second kappa shape index (κ2) is 20.5. The predicted molar refractivity (Wildman–Crippen MR) is 240 cm³/mol. The van der Waals surface area contributed by atoms with E-state index in [9.17, 15) is 27.0 Å². The van der Waals surface area contributed by atoms with Crippen LogP contribution in [-0.4, -0.2) is 122 Å². The fourth-order valence-electron chi connectivity index (χ4n) is 8.50. The number of carbonyl (C=O) groups is 3. The number of hydrogen-bond donors (Lipinski definition) is 3. The number of aryl methyl sites for hydroxylation is 1. The smallest absolute Gasteiger partial charge is 0.415 e. The Bertz CT molecular complexity index is 2570. The molecule has 350 valence electrons. The van der Waals surface area contributed by atoms with Gasteiger partial charge in [0.1, 0.15) is 11.7 Å². The number of rotatable bonds is 15. The molecule has 20 nitrogen and oxygen atoms in total. The lowest BCUT2D eigenvalue weighted by molar-refractivity contribution is -0.119.